The molecule has 0 aromatic heterocycles. The van der Waals surface area contributed by atoms with Gasteiger partial charge in [0.1, 0.15) is 11.5 Å². The summed E-state index contributed by atoms with van der Waals surface area (Å²) in [6.07, 6.45) is 0. The normalized spacial score (nSPS) is 11.8. The van der Waals surface area contributed by atoms with Gasteiger partial charge in [-0.1, -0.05) is 18.2 Å². The highest BCUT2D eigenvalue weighted by atomic mass is 16.5. The first-order valence-corrected chi connectivity index (χ1v) is 6.51. The van der Waals surface area contributed by atoms with Crippen LogP contribution < -0.4 is 20.5 Å². The molecule has 0 heterocycles. The predicted octanol–water partition coefficient (Wildman–Crippen LogP) is 2.82. The Bertz CT molecular complexity index is 558. The fourth-order valence-electron chi connectivity index (χ4n) is 2.05. The lowest BCUT2D eigenvalue weighted by molar-refractivity contribution is 0.414. The molecular formula is C16H20N2O2. The van der Waals surface area contributed by atoms with Gasteiger partial charge in [0.2, 0.25) is 0 Å². The van der Waals surface area contributed by atoms with Crippen molar-refractivity contribution >= 4 is 5.69 Å². The first kappa shape index (κ1) is 14.2. The minimum absolute atomic E-state index is 0.0252. The predicted molar refractivity (Wildman–Crippen MR) is 81.4 cm³/mol. The Labute approximate surface area is 119 Å². The van der Waals surface area contributed by atoms with Crippen LogP contribution >= 0.6 is 0 Å². The molecule has 106 valence electrons. The lowest BCUT2D eigenvalue weighted by Crippen LogP contribution is -2.20. The van der Waals surface area contributed by atoms with Gasteiger partial charge < -0.3 is 20.5 Å². The molecule has 4 nitrogen and oxygen atoms in total. The van der Waals surface area contributed by atoms with Crippen LogP contribution in [-0.4, -0.2) is 20.8 Å². The Balaban J connectivity index is 2.19. The second kappa shape index (κ2) is 6.82. The van der Waals surface area contributed by atoms with E-state index in [1.54, 1.807) is 14.2 Å². The minimum atomic E-state index is 0.0252. The van der Waals surface area contributed by atoms with Crippen LogP contribution in [0.2, 0.25) is 0 Å². The van der Waals surface area contributed by atoms with Gasteiger partial charge in [-0.05, 0) is 29.8 Å². The average molecular weight is 272 g/mol. The Morgan fingerprint density at radius 1 is 1.00 bits per heavy atom. The molecule has 0 fully saturated rings. The van der Waals surface area contributed by atoms with Gasteiger partial charge in [0.25, 0.3) is 0 Å². The Hall–Kier alpha value is -2.20. The molecule has 2 aromatic carbocycles. The van der Waals surface area contributed by atoms with E-state index in [9.17, 15) is 0 Å². The van der Waals surface area contributed by atoms with Crippen LogP contribution in [0.5, 0.6) is 11.5 Å². The van der Waals surface area contributed by atoms with E-state index in [-0.39, 0.29) is 6.04 Å². The molecule has 1 unspecified atom stereocenters. The number of methoxy groups -OCH3 is 2. The minimum Gasteiger partial charge on any atom is -0.497 e. The molecule has 0 amide bonds. The number of hydrogen-bond acceptors (Lipinski definition) is 4. The lowest BCUT2D eigenvalue weighted by atomic mass is 10.1. The second-order valence-electron chi connectivity index (χ2n) is 4.44. The van der Waals surface area contributed by atoms with Crippen LogP contribution in [0.3, 0.4) is 0 Å². The van der Waals surface area contributed by atoms with Crippen LogP contribution in [0.25, 0.3) is 0 Å². The molecule has 0 saturated heterocycles. The highest BCUT2D eigenvalue weighted by Crippen LogP contribution is 2.24. The zero-order chi connectivity index (χ0) is 14.4. The van der Waals surface area contributed by atoms with E-state index < -0.39 is 0 Å². The maximum atomic E-state index is 5.88. The van der Waals surface area contributed by atoms with Gasteiger partial charge in [0, 0.05) is 18.3 Å². The number of nitrogens with one attached hydrogen (secondary N) is 1. The summed E-state index contributed by atoms with van der Waals surface area (Å²) in [5.41, 5.74) is 7.95. The van der Waals surface area contributed by atoms with Gasteiger partial charge in [0.15, 0.2) is 0 Å². The molecule has 2 rings (SSSR count). The van der Waals surface area contributed by atoms with Gasteiger partial charge >= 0.3 is 0 Å². The second-order valence-corrected chi connectivity index (χ2v) is 4.44. The number of ether oxygens (including phenoxy) is 2. The van der Waals surface area contributed by atoms with Crippen LogP contribution in [0.4, 0.5) is 5.69 Å². The topological polar surface area (TPSA) is 56.5 Å². The van der Waals surface area contributed by atoms with E-state index in [1.807, 2.05) is 48.5 Å². The van der Waals surface area contributed by atoms with Gasteiger partial charge in [-0.25, -0.2) is 0 Å². The lowest BCUT2D eigenvalue weighted by Gasteiger charge is -2.19. The van der Waals surface area contributed by atoms with Crippen LogP contribution in [0, 0.1) is 0 Å². The van der Waals surface area contributed by atoms with Crippen molar-refractivity contribution in [2.45, 2.75) is 6.04 Å². The summed E-state index contributed by atoms with van der Waals surface area (Å²) < 4.78 is 10.5. The first-order valence-electron chi connectivity index (χ1n) is 6.51. The fraction of sp³-hybridized carbons (Fsp3) is 0.250. The quantitative estimate of drug-likeness (QED) is 0.849. The van der Waals surface area contributed by atoms with E-state index in [1.165, 1.54) is 0 Å². The Kier molecular flexibility index (Phi) is 4.85. The van der Waals surface area contributed by atoms with Crippen molar-refractivity contribution in [3.05, 3.63) is 54.1 Å². The van der Waals surface area contributed by atoms with E-state index >= 15 is 0 Å². The molecular weight excluding hydrogens is 252 g/mol. The number of nitrogens with two attached hydrogens (primary N) is 1. The van der Waals surface area contributed by atoms with Crippen LogP contribution in [-0.2, 0) is 0 Å². The maximum absolute atomic E-state index is 5.88. The summed E-state index contributed by atoms with van der Waals surface area (Å²) in [5, 5.41) is 3.41. The van der Waals surface area contributed by atoms with Crippen molar-refractivity contribution in [3.63, 3.8) is 0 Å². The molecule has 0 spiro atoms. The Morgan fingerprint density at radius 2 is 1.65 bits per heavy atom. The van der Waals surface area contributed by atoms with Crippen molar-refractivity contribution in [3.8, 4) is 11.5 Å². The fourth-order valence-corrected chi connectivity index (χ4v) is 2.05. The largest absolute Gasteiger partial charge is 0.497 e. The highest BCUT2D eigenvalue weighted by molar-refractivity contribution is 5.50. The van der Waals surface area contributed by atoms with Crippen molar-refractivity contribution < 1.29 is 9.47 Å². The molecule has 2 aromatic rings. The molecule has 3 N–H and O–H groups in total. The molecule has 20 heavy (non-hydrogen) atoms. The summed E-state index contributed by atoms with van der Waals surface area (Å²) in [5.74, 6) is 1.64. The van der Waals surface area contributed by atoms with E-state index in [4.69, 9.17) is 15.2 Å². The molecule has 0 aliphatic rings. The smallest absolute Gasteiger partial charge is 0.120 e. The Morgan fingerprint density at radius 3 is 2.30 bits per heavy atom. The molecule has 4 heteroatoms. The molecule has 1 atom stereocenters. The third-order valence-corrected chi connectivity index (χ3v) is 3.14. The summed E-state index contributed by atoms with van der Waals surface area (Å²) in [6, 6.07) is 15.7. The van der Waals surface area contributed by atoms with Crippen LogP contribution in [0.1, 0.15) is 11.6 Å². The summed E-state index contributed by atoms with van der Waals surface area (Å²) in [7, 11) is 3.31. The standard InChI is InChI=1S/C16H20N2O2/c1-19-14-7-3-5-12(9-14)16(11-17)18-13-6-4-8-15(10-13)20-2/h3-10,16,18H,11,17H2,1-2H3. The van der Waals surface area contributed by atoms with E-state index in [0.29, 0.717) is 6.54 Å². The molecule has 0 aliphatic carbocycles. The zero-order valence-electron chi connectivity index (χ0n) is 11.8. The number of rotatable bonds is 6. The number of benzene rings is 2. The molecule has 0 bridgehead atoms. The summed E-state index contributed by atoms with van der Waals surface area (Å²) in [4.78, 5) is 0. The van der Waals surface area contributed by atoms with Crippen molar-refractivity contribution in [2.75, 3.05) is 26.1 Å². The highest BCUT2D eigenvalue weighted by Gasteiger charge is 2.10. The maximum Gasteiger partial charge on any atom is 0.120 e. The average Bonchev–Trinajstić information content (AvgIpc) is 2.52. The third kappa shape index (κ3) is 3.42. The number of anilines is 1. The van der Waals surface area contributed by atoms with Gasteiger partial charge in [-0.2, -0.15) is 0 Å². The summed E-state index contributed by atoms with van der Waals surface area (Å²) in [6.45, 7) is 0.490. The first-order chi connectivity index (χ1) is 9.76. The third-order valence-electron chi connectivity index (χ3n) is 3.14. The van der Waals surface area contributed by atoms with E-state index in [2.05, 4.69) is 5.32 Å². The van der Waals surface area contributed by atoms with Crippen molar-refractivity contribution in [1.29, 1.82) is 0 Å². The van der Waals surface area contributed by atoms with Crippen LogP contribution in [0.15, 0.2) is 48.5 Å². The monoisotopic (exact) mass is 272 g/mol. The van der Waals surface area contributed by atoms with Gasteiger partial charge in [0.05, 0.1) is 20.3 Å². The van der Waals surface area contributed by atoms with E-state index in [0.717, 1.165) is 22.7 Å². The van der Waals surface area contributed by atoms with Gasteiger partial charge in [-0.3, -0.25) is 0 Å². The van der Waals surface area contributed by atoms with Crippen molar-refractivity contribution in [1.82, 2.24) is 0 Å². The van der Waals surface area contributed by atoms with Crippen molar-refractivity contribution in [2.24, 2.45) is 5.73 Å². The molecule has 0 aliphatic heterocycles. The zero-order valence-corrected chi connectivity index (χ0v) is 11.8. The summed E-state index contributed by atoms with van der Waals surface area (Å²) >= 11 is 0. The molecule has 0 saturated carbocycles. The van der Waals surface area contributed by atoms with Gasteiger partial charge in [-0.15, -0.1) is 0 Å². The SMILES string of the molecule is COc1cccc(NC(CN)c2cccc(OC)c2)c1. The molecule has 0 radical (unpaired) electrons. The number of hydrogen-bond donors (Lipinski definition) is 2.